The highest BCUT2D eigenvalue weighted by molar-refractivity contribution is 7.99. The molecule has 0 unspecified atom stereocenters. The van der Waals surface area contributed by atoms with Crippen molar-refractivity contribution in [1.82, 2.24) is 4.98 Å². The summed E-state index contributed by atoms with van der Waals surface area (Å²) in [7, 11) is 0. The third-order valence-corrected chi connectivity index (χ3v) is 6.63. The van der Waals surface area contributed by atoms with Crippen LogP contribution in [-0.4, -0.2) is 23.2 Å². The molecule has 0 saturated heterocycles. The highest BCUT2D eigenvalue weighted by Gasteiger charge is 2.25. The number of nitriles is 2. The molecule has 1 aliphatic heterocycles. The number of thioether (sulfide) groups is 1. The zero-order valence-corrected chi connectivity index (χ0v) is 17.6. The minimum atomic E-state index is 0.0469. The second kappa shape index (κ2) is 8.58. The van der Waals surface area contributed by atoms with E-state index in [1.165, 1.54) is 28.7 Å². The number of hydrogen-bond acceptors (Lipinski definition) is 7. The van der Waals surface area contributed by atoms with Crippen LogP contribution in [-0.2, 0) is 11.2 Å². The molecule has 0 fully saturated rings. The fourth-order valence-electron chi connectivity index (χ4n) is 3.57. The van der Waals surface area contributed by atoms with E-state index in [0.29, 0.717) is 34.9 Å². The number of thiophene rings is 1. The minimum absolute atomic E-state index is 0.0469. The predicted molar refractivity (Wildman–Crippen MR) is 119 cm³/mol. The number of carbonyl (C=O) groups excluding carboxylic acids is 1. The van der Waals surface area contributed by atoms with E-state index in [4.69, 9.17) is 5.73 Å². The van der Waals surface area contributed by atoms with Crippen LogP contribution in [0, 0.1) is 22.7 Å². The highest BCUT2D eigenvalue weighted by Crippen LogP contribution is 2.37. The van der Waals surface area contributed by atoms with E-state index in [1.54, 1.807) is 0 Å². The van der Waals surface area contributed by atoms with Crippen molar-refractivity contribution in [1.29, 1.82) is 10.5 Å². The number of fused-ring (bicyclic) bond motifs is 1. The van der Waals surface area contributed by atoms with Gasteiger partial charge in [0.1, 0.15) is 28.5 Å². The summed E-state index contributed by atoms with van der Waals surface area (Å²) in [5, 5.41) is 23.5. The summed E-state index contributed by atoms with van der Waals surface area (Å²) in [6, 6.07) is 14.0. The van der Waals surface area contributed by atoms with Gasteiger partial charge in [-0.1, -0.05) is 18.2 Å². The molecular weight excluding hydrogens is 414 g/mol. The molecule has 0 aliphatic carbocycles. The van der Waals surface area contributed by atoms with Crippen LogP contribution in [0.25, 0.3) is 11.1 Å². The van der Waals surface area contributed by atoms with Crippen molar-refractivity contribution in [3.63, 3.8) is 0 Å². The molecule has 1 aliphatic rings. The molecule has 0 atom stereocenters. The first-order chi connectivity index (χ1) is 14.6. The van der Waals surface area contributed by atoms with Gasteiger partial charge in [-0.3, -0.25) is 4.79 Å². The molecule has 4 rings (SSSR count). The predicted octanol–water partition coefficient (Wildman–Crippen LogP) is 4.21. The quantitative estimate of drug-likeness (QED) is 0.607. The van der Waals surface area contributed by atoms with Crippen molar-refractivity contribution >= 4 is 40.5 Å². The maximum atomic E-state index is 12.7. The molecule has 0 radical (unpaired) electrons. The van der Waals surface area contributed by atoms with E-state index >= 15 is 0 Å². The molecule has 1 amide bonds. The number of benzene rings is 1. The fraction of sp³-hybridized carbons (Fsp3) is 0.182. The summed E-state index contributed by atoms with van der Waals surface area (Å²) in [6.07, 6.45) is 1.19. The Balaban J connectivity index is 1.54. The number of rotatable bonds is 5. The molecule has 0 spiro atoms. The normalized spacial score (nSPS) is 12.3. The van der Waals surface area contributed by atoms with Crippen LogP contribution in [0.4, 0.5) is 11.5 Å². The molecule has 30 heavy (non-hydrogen) atoms. The van der Waals surface area contributed by atoms with E-state index in [9.17, 15) is 15.3 Å². The Morgan fingerprint density at radius 1 is 1.23 bits per heavy atom. The van der Waals surface area contributed by atoms with Gasteiger partial charge in [-0.2, -0.15) is 21.9 Å². The Morgan fingerprint density at radius 2 is 2.03 bits per heavy atom. The average Bonchev–Trinajstić information content (AvgIpc) is 3.43. The summed E-state index contributed by atoms with van der Waals surface area (Å²) in [6.45, 7) is 0.691. The zero-order chi connectivity index (χ0) is 21.1. The largest absolute Gasteiger partial charge is 0.383 e. The van der Waals surface area contributed by atoms with E-state index in [1.807, 2.05) is 46.0 Å². The number of aromatic nitrogens is 1. The van der Waals surface area contributed by atoms with Crippen LogP contribution >= 0.6 is 23.1 Å². The highest BCUT2D eigenvalue weighted by atomic mass is 32.2. The summed E-state index contributed by atoms with van der Waals surface area (Å²) in [5.41, 5.74) is 10.00. The van der Waals surface area contributed by atoms with Crippen LogP contribution in [0.2, 0.25) is 0 Å². The van der Waals surface area contributed by atoms with Crippen LogP contribution in [0.5, 0.6) is 0 Å². The van der Waals surface area contributed by atoms with E-state index in [2.05, 4.69) is 17.1 Å². The lowest BCUT2D eigenvalue weighted by Gasteiger charge is -2.17. The number of nitrogen functional groups attached to an aromatic ring is 1. The monoisotopic (exact) mass is 431 g/mol. The Hall–Kier alpha value is -3.33. The standard InChI is InChI=1S/C22H17N5OS2/c23-11-16-20(15-6-9-29-13-15)17(12-24)22(26-21(16)25)30-10-7-19(28)27-8-5-14-3-1-2-4-18(14)27/h1-4,6,9,13H,5,7-8,10H2,(H2,25,26). The first kappa shape index (κ1) is 20.0. The molecule has 3 aromatic rings. The van der Waals surface area contributed by atoms with Crippen LogP contribution in [0.15, 0.2) is 46.1 Å². The number of anilines is 2. The molecule has 0 bridgehead atoms. The van der Waals surface area contributed by atoms with Crippen molar-refractivity contribution in [3.05, 3.63) is 57.8 Å². The number of nitrogens with two attached hydrogens (primary N) is 1. The average molecular weight is 432 g/mol. The van der Waals surface area contributed by atoms with Gasteiger partial charge >= 0.3 is 0 Å². The summed E-state index contributed by atoms with van der Waals surface area (Å²) >= 11 is 2.80. The molecule has 148 valence electrons. The maximum Gasteiger partial charge on any atom is 0.227 e. The van der Waals surface area contributed by atoms with Crippen molar-refractivity contribution < 1.29 is 4.79 Å². The van der Waals surface area contributed by atoms with Crippen molar-refractivity contribution in [2.24, 2.45) is 0 Å². The summed E-state index contributed by atoms with van der Waals surface area (Å²) < 4.78 is 0. The van der Waals surface area contributed by atoms with Crippen LogP contribution in [0.3, 0.4) is 0 Å². The van der Waals surface area contributed by atoms with Gasteiger partial charge in [-0.15, -0.1) is 11.8 Å². The maximum absolute atomic E-state index is 12.7. The van der Waals surface area contributed by atoms with Crippen molar-refractivity contribution in [2.75, 3.05) is 22.9 Å². The smallest absolute Gasteiger partial charge is 0.227 e. The molecule has 6 nitrogen and oxygen atoms in total. The molecule has 2 N–H and O–H groups in total. The topological polar surface area (TPSA) is 107 Å². The molecule has 0 saturated carbocycles. The van der Waals surface area contributed by atoms with Gasteiger partial charge < -0.3 is 10.6 Å². The van der Waals surface area contributed by atoms with Crippen molar-refractivity contribution in [3.8, 4) is 23.3 Å². The Morgan fingerprint density at radius 3 is 2.77 bits per heavy atom. The lowest BCUT2D eigenvalue weighted by atomic mass is 9.99. The van der Waals surface area contributed by atoms with Gasteiger partial charge in [-0.05, 0) is 40.4 Å². The summed E-state index contributed by atoms with van der Waals surface area (Å²) in [5.74, 6) is 0.610. The Labute approximate surface area is 182 Å². The van der Waals surface area contributed by atoms with Gasteiger partial charge in [0.15, 0.2) is 0 Å². The molecule has 3 heterocycles. The first-order valence-corrected chi connectivity index (χ1v) is 11.2. The fourth-order valence-corrected chi connectivity index (χ4v) is 5.14. The van der Waals surface area contributed by atoms with Gasteiger partial charge in [-0.25, -0.2) is 4.98 Å². The number of nitrogens with zero attached hydrogens (tertiary/aromatic N) is 4. The van der Waals surface area contributed by atoms with Gasteiger partial charge in [0.2, 0.25) is 5.91 Å². The number of carbonyl (C=O) groups is 1. The zero-order valence-electron chi connectivity index (χ0n) is 16.0. The second-order valence-electron chi connectivity index (χ2n) is 6.69. The number of pyridine rings is 1. The number of amides is 1. The van der Waals surface area contributed by atoms with E-state index in [0.717, 1.165) is 17.7 Å². The third kappa shape index (κ3) is 3.63. The van der Waals surface area contributed by atoms with Gasteiger partial charge in [0.05, 0.1) is 5.56 Å². The first-order valence-electron chi connectivity index (χ1n) is 9.31. The molecule has 8 heteroatoms. The summed E-state index contributed by atoms with van der Waals surface area (Å²) in [4.78, 5) is 18.8. The molecule has 1 aromatic carbocycles. The van der Waals surface area contributed by atoms with E-state index in [-0.39, 0.29) is 17.3 Å². The number of hydrogen-bond donors (Lipinski definition) is 1. The van der Waals surface area contributed by atoms with Crippen LogP contribution in [0.1, 0.15) is 23.1 Å². The molecule has 2 aromatic heterocycles. The van der Waals surface area contributed by atoms with Crippen LogP contribution < -0.4 is 10.6 Å². The SMILES string of the molecule is N#Cc1c(N)nc(SCCC(=O)N2CCc3ccccc32)c(C#N)c1-c1ccsc1. The Kier molecular flexibility index (Phi) is 5.71. The van der Waals surface area contributed by atoms with Gasteiger partial charge in [0, 0.05) is 30.0 Å². The lowest BCUT2D eigenvalue weighted by molar-refractivity contribution is -0.118. The Bertz CT molecular complexity index is 1190. The lowest BCUT2D eigenvalue weighted by Crippen LogP contribution is -2.29. The minimum Gasteiger partial charge on any atom is -0.383 e. The molecular formula is C22H17N5OS2. The van der Waals surface area contributed by atoms with Gasteiger partial charge in [0.25, 0.3) is 0 Å². The van der Waals surface area contributed by atoms with Crippen molar-refractivity contribution in [2.45, 2.75) is 17.9 Å². The number of para-hydroxylation sites is 1. The second-order valence-corrected chi connectivity index (χ2v) is 8.55. The van der Waals surface area contributed by atoms with E-state index < -0.39 is 0 Å². The third-order valence-electron chi connectivity index (χ3n) is 4.97.